The molecule has 0 fully saturated rings. The van der Waals surface area contributed by atoms with E-state index in [9.17, 15) is 9.46 Å². The molecule has 0 amide bonds. The summed E-state index contributed by atoms with van der Waals surface area (Å²) < 4.78 is 22.2. The predicted molar refractivity (Wildman–Crippen MR) is 77.7 cm³/mol. The summed E-state index contributed by atoms with van der Waals surface area (Å²) in [4.78, 5) is 9.70. The van der Waals surface area contributed by atoms with Gasteiger partial charge in [0.1, 0.15) is 5.75 Å². The van der Waals surface area contributed by atoms with E-state index < -0.39 is 7.60 Å². The summed E-state index contributed by atoms with van der Waals surface area (Å²) in [6, 6.07) is 16.5. The fourth-order valence-corrected chi connectivity index (χ4v) is 2.32. The van der Waals surface area contributed by atoms with Gasteiger partial charge in [-0.25, -0.2) is 0 Å². The molecule has 0 aromatic heterocycles. The van der Waals surface area contributed by atoms with Crippen LogP contribution in [0.15, 0.2) is 54.6 Å². The van der Waals surface area contributed by atoms with Crippen molar-refractivity contribution in [2.75, 3.05) is 6.35 Å². The molecule has 1 N–H and O–H groups in total. The molecule has 0 radical (unpaired) electrons. The highest BCUT2D eigenvalue weighted by Gasteiger charge is 2.20. The molecule has 0 saturated heterocycles. The zero-order valence-corrected chi connectivity index (χ0v) is 12.1. The van der Waals surface area contributed by atoms with Crippen molar-refractivity contribution >= 4 is 7.60 Å². The first-order chi connectivity index (χ1) is 9.55. The van der Waals surface area contributed by atoms with Crippen LogP contribution in [-0.4, -0.2) is 11.2 Å². The van der Waals surface area contributed by atoms with Crippen molar-refractivity contribution in [3.05, 3.63) is 65.7 Å². The van der Waals surface area contributed by atoms with E-state index in [2.05, 4.69) is 0 Å². The smallest absolute Gasteiger partial charge is 0.365 e. The third-order valence-electron chi connectivity index (χ3n) is 2.69. The van der Waals surface area contributed by atoms with Crippen LogP contribution in [0.5, 0.6) is 5.75 Å². The zero-order valence-electron chi connectivity index (χ0n) is 11.2. The second-order valence-corrected chi connectivity index (χ2v) is 6.27. The van der Waals surface area contributed by atoms with Gasteiger partial charge < -0.3 is 14.2 Å². The predicted octanol–water partition coefficient (Wildman–Crippen LogP) is 3.73. The lowest BCUT2D eigenvalue weighted by Gasteiger charge is -2.13. The van der Waals surface area contributed by atoms with Gasteiger partial charge in [-0.2, -0.15) is 0 Å². The van der Waals surface area contributed by atoms with Gasteiger partial charge in [0.25, 0.3) is 0 Å². The average molecular weight is 292 g/mol. The third kappa shape index (κ3) is 4.82. The summed E-state index contributed by atoms with van der Waals surface area (Å²) in [6.07, 6.45) is -0.358. The minimum atomic E-state index is -3.76. The Labute approximate surface area is 118 Å². The Bertz CT molecular complexity index is 581. The lowest BCUT2D eigenvalue weighted by Crippen LogP contribution is -2.02. The van der Waals surface area contributed by atoms with Crippen LogP contribution in [0.2, 0.25) is 0 Å². The summed E-state index contributed by atoms with van der Waals surface area (Å²) in [7, 11) is -3.76. The topological polar surface area (TPSA) is 55.8 Å². The Hall–Kier alpha value is -1.61. The quantitative estimate of drug-likeness (QED) is 0.824. The van der Waals surface area contributed by atoms with E-state index in [1.54, 1.807) is 12.1 Å². The molecule has 0 aliphatic carbocycles. The maximum Gasteiger partial charge on any atom is 0.365 e. The number of benzene rings is 2. The summed E-state index contributed by atoms with van der Waals surface area (Å²) in [5, 5.41) is 0. The van der Waals surface area contributed by atoms with Crippen molar-refractivity contribution in [2.45, 2.75) is 13.5 Å². The van der Waals surface area contributed by atoms with Gasteiger partial charge in [0, 0.05) is 0 Å². The van der Waals surface area contributed by atoms with Gasteiger partial charge in [-0.05, 0) is 24.6 Å². The van der Waals surface area contributed by atoms with Crippen LogP contribution >= 0.6 is 7.60 Å². The molecule has 0 aliphatic heterocycles. The molecule has 4 nitrogen and oxygen atoms in total. The van der Waals surface area contributed by atoms with E-state index in [0.29, 0.717) is 5.75 Å². The van der Waals surface area contributed by atoms with Crippen LogP contribution in [0.1, 0.15) is 11.1 Å². The number of hydrogen-bond acceptors (Lipinski definition) is 3. The van der Waals surface area contributed by atoms with Crippen molar-refractivity contribution in [3.8, 4) is 5.75 Å². The number of hydrogen-bond donors (Lipinski definition) is 1. The van der Waals surface area contributed by atoms with Crippen molar-refractivity contribution in [1.29, 1.82) is 0 Å². The Morgan fingerprint density at radius 3 is 2.35 bits per heavy atom. The first kappa shape index (κ1) is 14.8. The molecule has 2 aromatic carbocycles. The summed E-state index contributed by atoms with van der Waals surface area (Å²) >= 11 is 0. The molecular formula is C15H17O4P. The van der Waals surface area contributed by atoms with Crippen LogP contribution in [0.4, 0.5) is 0 Å². The molecule has 0 bridgehead atoms. The highest BCUT2D eigenvalue weighted by molar-refractivity contribution is 7.52. The highest BCUT2D eigenvalue weighted by Crippen LogP contribution is 2.42. The van der Waals surface area contributed by atoms with Crippen LogP contribution in [-0.2, 0) is 15.7 Å². The molecule has 0 aliphatic rings. The fourth-order valence-electron chi connectivity index (χ4n) is 1.58. The molecule has 1 atom stereocenters. The maximum atomic E-state index is 11.8. The van der Waals surface area contributed by atoms with Gasteiger partial charge in [0.15, 0.2) is 6.35 Å². The van der Waals surface area contributed by atoms with Crippen molar-refractivity contribution < 1.29 is 18.7 Å². The van der Waals surface area contributed by atoms with Crippen LogP contribution in [0, 0.1) is 6.92 Å². The summed E-state index contributed by atoms with van der Waals surface area (Å²) in [5.41, 5.74) is 1.95. The molecule has 2 rings (SSSR count). The maximum absolute atomic E-state index is 11.8. The molecule has 0 heterocycles. The lowest BCUT2D eigenvalue weighted by molar-refractivity contribution is 0.223. The Morgan fingerprint density at radius 1 is 1.05 bits per heavy atom. The largest absolute Gasteiger partial charge is 0.481 e. The number of ether oxygens (including phenoxy) is 1. The minimum absolute atomic E-state index is 0.0892. The van der Waals surface area contributed by atoms with E-state index in [1.807, 2.05) is 49.4 Å². The molecule has 0 saturated carbocycles. The van der Waals surface area contributed by atoms with E-state index >= 15 is 0 Å². The van der Waals surface area contributed by atoms with Gasteiger partial charge in [0.05, 0.1) is 6.61 Å². The Balaban J connectivity index is 1.84. The van der Waals surface area contributed by atoms with Crippen LogP contribution < -0.4 is 4.74 Å². The van der Waals surface area contributed by atoms with Gasteiger partial charge in [0.2, 0.25) is 0 Å². The van der Waals surface area contributed by atoms with E-state index in [-0.39, 0.29) is 13.0 Å². The van der Waals surface area contributed by atoms with Crippen molar-refractivity contribution in [2.24, 2.45) is 0 Å². The molecule has 2 aromatic rings. The lowest BCUT2D eigenvalue weighted by atomic mass is 10.2. The van der Waals surface area contributed by atoms with Gasteiger partial charge in [-0.1, -0.05) is 48.0 Å². The third-order valence-corrected chi connectivity index (χ3v) is 3.68. The van der Waals surface area contributed by atoms with E-state index in [0.717, 1.165) is 11.1 Å². The van der Waals surface area contributed by atoms with Crippen LogP contribution in [0.3, 0.4) is 0 Å². The van der Waals surface area contributed by atoms with Gasteiger partial charge in [-0.3, -0.25) is 4.57 Å². The average Bonchev–Trinajstić information content (AvgIpc) is 2.46. The molecule has 20 heavy (non-hydrogen) atoms. The molecule has 5 heteroatoms. The highest BCUT2D eigenvalue weighted by atomic mass is 31.2. The Morgan fingerprint density at radius 2 is 1.70 bits per heavy atom. The monoisotopic (exact) mass is 292 g/mol. The minimum Gasteiger partial charge on any atom is -0.481 e. The van der Waals surface area contributed by atoms with Crippen LogP contribution in [0.25, 0.3) is 0 Å². The first-order valence-corrected chi connectivity index (χ1v) is 8.01. The summed E-state index contributed by atoms with van der Waals surface area (Å²) in [6.45, 7) is 2.05. The van der Waals surface area contributed by atoms with E-state index in [4.69, 9.17) is 9.26 Å². The normalized spacial score (nSPS) is 13.7. The number of rotatable bonds is 6. The Kier molecular flexibility index (Phi) is 4.96. The van der Waals surface area contributed by atoms with Crippen molar-refractivity contribution in [3.63, 3.8) is 0 Å². The van der Waals surface area contributed by atoms with Crippen molar-refractivity contribution in [1.82, 2.24) is 0 Å². The number of aryl methyl sites for hydroxylation is 1. The second kappa shape index (κ2) is 6.71. The fraction of sp³-hybridized carbons (Fsp3) is 0.200. The zero-order chi connectivity index (χ0) is 14.4. The second-order valence-electron chi connectivity index (χ2n) is 4.48. The standard InChI is InChI=1S/C15H17O4P/c1-13-7-9-15(10-8-13)18-12-20(16,17)19-11-14-5-3-2-4-6-14/h2-10H,11-12H2,1H3,(H,16,17). The summed E-state index contributed by atoms with van der Waals surface area (Å²) in [5.74, 6) is 0.549. The SMILES string of the molecule is Cc1ccc(OCP(=O)(O)OCc2ccccc2)cc1. The van der Waals surface area contributed by atoms with Gasteiger partial charge in [-0.15, -0.1) is 0 Å². The first-order valence-electron chi connectivity index (χ1n) is 6.25. The van der Waals surface area contributed by atoms with E-state index in [1.165, 1.54) is 0 Å². The van der Waals surface area contributed by atoms with Gasteiger partial charge >= 0.3 is 7.60 Å². The molecule has 0 spiro atoms. The molecule has 106 valence electrons. The molecular weight excluding hydrogens is 275 g/mol. The molecule has 1 unspecified atom stereocenters.